The number of aromatic nitrogens is 2. The number of rotatable bonds is 6. The zero-order valence-corrected chi connectivity index (χ0v) is 15.6. The van der Waals surface area contributed by atoms with Gasteiger partial charge in [-0.15, -0.1) is 0 Å². The molecule has 3 N–H and O–H groups in total. The topological polar surface area (TPSA) is 83.3 Å². The minimum absolute atomic E-state index is 0.0498. The Bertz CT molecular complexity index is 782. The van der Waals surface area contributed by atoms with Gasteiger partial charge in [-0.2, -0.15) is 5.10 Å². The second-order valence-corrected chi connectivity index (χ2v) is 5.88. The number of aliphatic imine (C=N–C) groups is 1. The number of hydrogen-bond acceptors (Lipinski definition) is 3. The molecule has 0 bridgehead atoms. The zero-order valence-electron chi connectivity index (χ0n) is 15.6. The van der Waals surface area contributed by atoms with Crippen molar-refractivity contribution in [2.45, 2.75) is 27.3 Å². The van der Waals surface area contributed by atoms with Crippen LogP contribution in [0.3, 0.4) is 0 Å². The lowest BCUT2D eigenvalue weighted by atomic mass is 10.2. The minimum Gasteiger partial charge on any atom is -0.357 e. The number of anilines is 1. The van der Waals surface area contributed by atoms with Gasteiger partial charge in [-0.1, -0.05) is 0 Å². The highest BCUT2D eigenvalue weighted by Crippen LogP contribution is 2.12. The van der Waals surface area contributed by atoms with Gasteiger partial charge < -0.3 is 16.0 Å². The zero-order chi connectivity index (χ0) is 19.1. The Morgan fingerprint density at radius 2 is 1.92 bits per heavy atom. The first-order chi connectivity index (χ1) is 12.4. The van der Waals surface area contributed by atoms with Crippen LogP contribution in [-0.4, -0.2) is 34.7 Å². The van der Waals surface area contributed by atoms with Crippen molar-refractivity contribution in [1.29, 1.82) is 0 Å². The van der Waals surface area contributed by atoms with Crippen LogP contribution in [-0.2, 0) is 18.4 Å². The van der Waals surface area contributed by atoms with E-state index in [1.807, 2.05) is 32.5 Å². The summed E-state index contributed by atoms with van der Waals surface area (Å²) in [5.74, 6) is -0.0379. The summed E-state index contributed by atoms with van der Waals surface area (Å²) in [6.45, 7) is 7.11. The van der Waals surface area contributed by atoms with Crippen molar-refractivity contribution in [3.05, 3.63) is 47.0 Å². The minimum atomic E-state index is -0.344. The van der Waals surface area contributed by atoms with E-state index in [1.54, 1.807) is 0 Å². The number of hydrogen-bond donors (Lipinski definition) is 3. The Morgan fingerprint density at radius 1 is 1.23 bits per heavy atom. The van der Waals surface area contributed by atoms with E-state index >= 15 is 0 Å². The summed E-state index contributed by atoms with van der Waals surface area (Å²) < 4.78 is 14.7. The molecule has 1 aromatic carbocycles. The van der Waals surface area contributed by atoms with Crippen LogP contribution in [0, 0.1) is 19.7 Å². The molecule has 0 aliphatic heterocycles. The highest BCUT2D eigenvalue weighted by molar-refractivity contribution is 5.94. The third kappa shape index (κ3) is 5.30. The first-order valence-electron chi connectivity index (χ1n) is 8.47. The average molecular weight is 360 g/mol. The van der Waals surface area contributed by atoms with Crippen molar-refractivity contribution >= 4 is 17.6 Å². The monoisotopic (exact) mass is 360 g/mol. The van der Waals surface area contributed by atoms with E-state index < -0.39 is 0 Å². The van der Waals surface area contributed by atoms with Crippen molar-refractivity contribution in [2.24, 2.45) is 12.0 Å². The van der Waals surface area contributed by atoms with E-state index in [2.05, 4.69) is 26.0 Å². The molecule has 0 radical (unpaired) electrons. The predicted molar refractivity (Wildman–Crippen MR) is 101 cm³/mol. The second-order valence-electron chi connectivity index (χ2n) is 5.88. The molecule has 26 heavy (non-hydrogen) atoms. The maximum atomic E-state index is 12.9. The van der Waals surface area contributed by atoms with Gasteiger partial charge in [-0.3, -0.25) is 9.48 Å². The van der Waals surface area contributed by atoms with Gasteiger partial charge in [0.15, 0.2) is 5.96 Å². The summed E-state index contributed by atoms with van der Waals surface area (Å²) in [7, 11) is 1.90. The molecular formula is C18H25FN6O. The molecule has 8 heteroatoms. The summed E-state index contributed by atoms with van der Waals surface area (Å²) in [5.41, 5.74) is 3.62. The first-order valence-corrected chi connectivity index (χ1v) is 8.47. The molecule has 0 spiro atoms. The molecule has 7 nitrogen and oxygen atoms in total. The highest BCUT2D eigenvalue weighted by atomic mass is 19.1. The van der Waals surface area contributed by atoms with Crippen LogP contribution in [0.2, 0.25) is 0 Å². The number of carbonyl (C=O) groups excluding carboxylic acids is 1. The molecule has 1 aromatic heterocycles. The number of benzene rings is 1. The predicted octanol–water partition coefficient (Wildman–Crippen LogP) is 1.87. The van der Waals surface area contributed by atoms with Gasteiger partial charge in [0, 0.05) is 30.5 Å². The van der Waals surface area contributed by atoms with Crippen LogP contribution >= 0.6 is 0 Å². The van der Waals surface area contributed by atoms with Crippen molar-refractivity contribution in [2.75, 3.05) is 18.4 Å². The molecule has 1 amide bonds. The second kappa shape index (κ2) is 8.98. The van der Waals surface area contributed by atoms with Crippen molar-refractivity contribution < 1.29 is 9.18 Å². The van der Waals surface area contributed by atoms with E-state index in [0.29, 0.717) is 24.7 Å². The lowest BCUT2D eigenvalue weighted by Crippen LogP contribution is -2.41. The van der Waals surface area contributed by atoms with Gasteiger partial charge in [-0.25, -0.2) is 9.38 Å². The van der Waals surface area contributed by atoms with Crippen LogP contribution in [0.15, 0.2) is 29.3 Å². The van der Waals surface area contributed by atoms with E-state index in [-0.39, 0.29) is 18.3 Å². The lowest BCUT2D eigenvalue weighted by molar-refractivity contribution is -0.115. The fraction of sp³-hybridized carbons (Fsp3) is 0.389. The number of nitrogens with one attached hydrogen (secondary N) is 3. The first kappa shape index (κ1) is 19.4. The van der Waals surface area contributed by atoms with Crippen molar-refractivity contribution in [3.8, 4) is 0 Å². The van der Waals surface area contributed by atoms with Gasteiger partial charge >= 0.3 is 0 Å². The van der Waals surface area contributed by atoms with Gasteiger partial charge in [0.1, 0.15) is 5.82 Å². The number of carbonyl (C=O) groups is 1. The van der Waals surface area contributed by atoms with Gasteiger partial charge in [-0.05, 0) is 45.0 Å². The molecule has 0 aliphatic carbocycles. The third-order valence-corrected chi connectivity index (χ3v) is 3.94. The van der Waals surface area contributed by atoms with Gasteiger partial charge in [0.2, 0.25) is 5.91 Å². The summed E-state index contributed by atoms with van der Waals surface area (Å²) >= 11 is 0. The fourth-order valence-electron chi connectivity index (χ4n) is 2.45. The molecule has 0 atom stereocenters. The van der Waals surface area contributed by atoms with E-state index in [9.17, 15) is 9.18 Å². The smallest absolute Gasteiger partial charge is 0.243 e. The highest BCUT2D eigenvalue weighted by Gasteiger charge is 2.09. The third-order valence-electron chi connectivity index (χ3n) is 3.94. The van der Waals surface area contributed by atoms with Crippen LogP contribution in [0.5, 0.6) is 0 Å². The number of nitrogens with zero attached hydrogens (tertiary/aromatic N) is 3. The molecule has 140 valence electrons. The van der Waals surface area contributed by atoms with Crippen molar-refractivity contribution in [1.82, 2.24) is 20.4 Å². The Morgan fingerprint density at radius 3 is 2.50 bits per heavy atom. The Balaban J connectivity index is 1.94. The number of aryl methyl sites for hydroxylation is 2. The van der Waals surface area contributed by atoms with Crippen LogP contribution in [0.25, 0.3) is 0 Å². The Labute approximate surface area is 152 Å². The van der Waals surface area contributed by atoms with E-state index in [1.165, 1.54) is 24.3 Å². The molecule has 0 fully saturated rings. The summed E-state index contributed by atoms with van der Waals surface area (Å²) in [4.78, 5) is 16.5. The summed E-state index contributed by atoms with van der Waals surface area (Å²) in [5, 5.41) is 13.2. The van der Waals surface area contributed by atoms with E-state index in [4.69, 9.17) is 0 Å². The quantitative estimate of drug-likeness (QED) is 0.542. The number of amides is 1. The van der Waals surface area contributed by atoms with Gasteiger partial charge in [0.25, 0.3) is 0 Å². The van der Waals surface area contributed by atoms with Crippen LogP contribution in [0.1, 0.15) is 23.9 Å². The molecule has 2 aromatic rings. The summed E-state index contributed by atoms with van der Waals surface area (Å²) in [6, 6.07) is 5.63. The Kier molecular flexibility index (Phi) is 6.71. The maximum Gasteiger partial charge on any atom is 0.243 e. The normalized spacial score (nSPS) is 11.3. The number of halogens is 1. The molecule has 1 heterocycles. The fourth-order valence-corrected chi connectivity index (χ4v) is 2.45. The molecule has 0 unspecified atom stereocenters. The largest absolute Gasteiger partial charge is 0.357 e. The molecule has 2 rings (SSSR count). The van der Waals surface area contributed by atoms with Crippen molar-refractivity contribution in [3.63, 3.8) is 0 Å². The maximum absolute atomic E-state index is 12.9. The Hall–Kier alpha value is -2.90. The number of guanidine groups is 1. The molecule has 0 saturated carbocycles. The standard InChI is InChI=1S/C18H25FN6O/c1-5-20-18(21-10-16-12(2)24-25(4)13(16)3)22-11-17(26)23-15-8-6-14(19)7-9-15/h6-9H,5,10-11H2,1-4H3,(H,23,26)(H2,20,21,22). The van der Waals surface area contributed by atoms with E-state index in [0.717, 1.165) is 17.0 Å². The van der Waals surface area contributed by atoms with Crippen LogP contribution < -0.4 is 16.0 Å². The molecule has 0 saturated heterocycles. The summed E-state index contributed by atoms with van der Waals surface area (Å²) in [6.07, 6.45) is 0. The molecular weight excluding hydrogens is 335 g/mol. The van der Waals surface area contributed by atoms with Crippen LogP contribution in [0.4, 0.5) is 10.1 Å². The average Bonchev–Trinajstić information content (AvgIpc) is 2.85. The molecule has 0 aliphatic rings. The lowest BCUT2D eigenvalue weighted by Gasteiger charge is -2.11. The van der Waals surface area contributed by atoms with Gasteiger partial charge in [0.05, 0.1) is 18.8 Å². The SMILES string of the molecule is CCNC(=NCc1c(C)nn(C)c1C)NCC(=O)Nc1ccc(F)cc1.